The quantitative estimate of drug-likeness (QED) is 0.152. The van der Waals surface area contributed by atoms with Crippen LogP contribution in [0.5, 0.6) is 11.5 Å². The Labute approximate surface area is 366 Å². The zero-order chi connectivity index (χ0) is 41.1. The van der Waals surface area contributed by atoms with E-state index in [1.54, 1.807) is 0 Å². The van der Waals surface area contributed by atoms with Crippen LogP contribution >= 0.6 is 0 Å². The third-order valence-electron chi connectivity index (χ3n) is 14.8. The third-order valence-corrected chi connectivity index (χ3v) is 14.8. The lowest BCUT2D eigenvalue weighted by Crippen LogP contribution is -2.35. The Morgan fingerprint density at radius 3 is 0.871 bits per heavy atom. The lowest BCUT2D eigenvalue weighted by molar-refractivity contribution is 0.160. The average Bonchev–Trinajstić information content (AvgIpc) is 4.21. The van der Waals surface area contributed by atoms with Crippen LogP contribution in [0.4, 0.5) is 22.7 Å². The van der Waals surface area contributed by atoms with E-state index >= 15 is 0 Å². The second-order valence-corrected chi connectivity index (χ2v) is 18.4. The van der Waals surface area contributed by atoms with E-state index in [1.165, 1.54) is 79.5 Å². The second kappa shape index (κ2) is 15.3. The van der Waals surface area contributed by atoms with Gasteiger partial charge in [-0.1, -0.05) is 60.7 Å². The van der Waals surface area contributed by atoms with Crippen molar-refractivity contribution in [2.24, 2.45) is 0 Å². The molecular formula is C56H56N4O2. The van der Waals surface area contributed by atoms with Crippen LogP contribution in [0.3, 0.4) is 0 Å². The summed E-state index contributed by atoms with van der Waals surface area (Å²) < 4.78 is 14.8. The SMILES string of the molecule is C1=CC(c2ccc(N3CCCC3)cc2)(c2ccc(N3CCCC3)cc2)Oc2ccc3ccc4c(c3c21)C=CC(c1ccc(N2CCCC2)cc1)(c1ccc(N2CCCC2)cc1)O4. The molecule has 0 spiro atoms. The molecule has 0 unspecified atom stereocenters. The number of hydrogen-bond donors (Lipinski definition) is 0. The van der Waals surface area contributed by atoms with Gasteiger partial charge < -0.3 is 29.1 Å². The van der Waals surface area contributed by atoms with E-state index in [9.17, 15) is 0 Å². The molecule has 4 saturated heterocycles. The van der Waals surface area contributed by atoms with Crippen molar-refractivity contribution in [3.63, 3.8) is 0 Å². The van der Waals surface area contributed by atoms with Crippen LogP contribution in [-0.4, -0.2) is 52.4 Å². The predicted molar refractivity (Wildman–Crippen MR) is 256 cm³/mol. The summed E-state index contributed by atoms with van der Waals surface area (Å²) in [6, 6.07) is 45.4. The van der Waals surface area contributed by atoms with Gasteiger partial charge in [0.15, 0.2) is 11.2 Å². The smallest absolute Gasteiger partial charge is 0.178 e. The molecule has 4 fully saturated rings. The molecule has 6 heteroatoms. The fraction of sp³-hybridized carbons (Fsp3) is 0.321. The van der Waals surface area contributed by atoms with E-state index in [-0.39, 0.29) is 0 Å². The Morgan fingerprint density at radius 2 is 0.597 bits per heavy atom. The summed E-state index contributed by atoms with van der Waals surface area (Å²) in [7, 11) is 0. The van der Waals surface area contributed by atoms with E-state index in [0.29, 0.717) is 0 Å². The number of benzene rings is 6. The van der Waals surface area contributed by atoms with Gasteiger partial charge in [-0.25, -0.2) is 0 Å². The van der Waals surface area contributed by atoms with Crippen molar-refractivity contribution in [3.05, 3.63) is 167 Å². The molecule has 6 nitrogen and oxygen atoms in total. The van der Waals surface area contributed by atoms with Crippen LogP contribution in [0.2, 0.25) is 0 Å². The number of ether oxygens (including phenoxy) is 2. The molecule has 62 heavy (non-hydrogen) atoms. The Morgan fingerprint density at radius 1 is 0.323 bits per heavy atom. The minimum absolute atomic E-state index is 0.785. The molecule has 6 aromatic carbocycles. The van der Waals surface area contributed by atoms with Crippen molar-refractivity contribution >= 4 is 45.7 Å². The molecule has 12 rings (SSSR count). The Bertz CT molecular complexity index is 2340. The first-order chi connectivity index (χ1) is 30.6. The molecule has 0 aromatic heterocycles. The molecule has 0 aliphatic carbocycles. The molecule has 6 heterocycles. The molecule has 0 saturated carbocycles. The van der Waals surface area contributed by atoms with Crippen molar-refractivity contribution < 1.29 is 9.47 Å². The maximum absolute atomic E-state index is 7.42. The molecule has 6 aromatic rings. The van der Waals surface area contributed by atoms with Crippen LogP contribution < -0.4 is 29.1 Å². The van der Waals surface area contributed by atoms with Gasteiger partial charge in [0.05, 0.1) is 0 Å². The van der Waals surface area contributed by atoms with Crippen LogP contribution in [-0.2, 0) is 11.2 Å². The Balaban J connectivity index is 0.944. The summed E-state index contributed by atoms with van der Waals surface area (Å²) in [6.07, 6.45) is 19.3. The number of fused-ring (bicyclic) bond motifs is 5. The van der Waals surface area contributed by atoms with Gasteiger partial charge in [-0.2, -0.15) is 0 Å². The number of hydrogen-bond acceptors (Lipinski definition) is 6. The second-order valence-electron chi connectivity index (χ2n) is 18.4. The third kappa shape index (κ3) is 6.36. The van der Waals surface area contributed by atoms with Crippen molar-refractivity contribution in [2.75, 3.05) is 72.0 Å². The van der Waals surface area contributed by atoms with Gasteiger partial charge in [-0.15, -0.1) is 0 Å². The fourth-order valence-electron chi connectivity index (χ4n) is 11.3. The monoisotopic (exact) mass is 816 g/mol. The fourth-order valence-corrected chi connectivity index (χ4v) is 11.3. The van der Waals surface area contributed by atoms with E-state index in [1.807, 2.05) is 0 Å². The zero-order valence-electron chi connectivity index (χ0n) is 35.8. The van der Waals surface area contributed by atoms with Crippen molar-refractivity contribution in [1.82, 2.24) is 0 Å². The predicted octanol–water partition coefficient (Wildman–Crippen LogP) is 11.9. The highest BCUT2D eigenvalue weighted by atomic mass is 16.5. The van der Waals surface area contributed by atoms with Gasteiger partial charge in [0, 0.05) is 114 Å². The Kier molecular flexibility index (Phi) is 9.30. The van der Waals surface area contributed by atoms with Crippen LogP contribution in [0, 0.1) is 0 Å². The summed E-state index contributed by atoms with van der Waals surface area (Å²) >= 11 is 0. The van der Waals surface area contributed by atoms with Gasteiger partial charge in [0.2, 0.25) is 0 Å². The topological polar surface area (TPSA) is 31.4 Å². The highest BCUT2D eigenvalue weighted by Crippen LogP contribution is 2.50. The van der Waals surface area contributed by atoms with Crippen molar-refractivity contribution in [2.45, 2.75) is 62.6 Å². The van der Waals surface area contributed by atoms with E-state index in [0.717, 1.165) is 103 Å². The van der Waals surface area contributed by atoms with Crippen molar-refractivity contribution in [3.8, 4) is 11.5 Å². The molecule has 0 amide bonds. The largest absolute Gasteiger partial charge is 0.473 e. The van der Waals surface area contributed by atoms with Crippen molar-refractivity contribution in [1.29, 1.82) is 0 Å². The Hall–Kier alpha value is -6.14. The van der Waals surface area contributed by atoms with Gasteiger partial charge in [0.1, 0.15) is 11.5 Å². The average molecular weight is 817 g/mol. The van der Waals surface area contributed by atoms with E-state index in [2.05, 4.69) is 165 Å². The molecule has 312 valence electrons. The maximum Gasteiger partial charge on any atom is 0.178 e. The zero-order valence-corrected chi connectivity index (χ0v) is 35.8. The molecule has 0 bridgehead atoms. The molecular weight excluding hydrogens is 761 g/mol. The molecule has 0 N–H and O–H groups in total. The molecule has 6 aliphatic rings. The number of rotatable bonds is 8. The standard InChI is InChI=1S/C56H56N4O2/c1-2-34-57(33-1)46-19-11-42(12-20-46)55(43-13-21-47(22-14-43)58-35-3-4-36-58)31-29-50-52(61-55)27-9-41-10-28-53-51(54(41)50)30-32-56(62-53,44-15-23-48(24-16-44)59-37-5-6-38-59)45-17-25-49(26-18-45)60-39-7-8-40-60/h9-32H,1-8,33-40H2. The highest BCUT2D eigenvalue weighted by Gasteiger charge is 2.40. The molecule has 0 radical (unpaired) electrons. The normalized spacial score (nSPS) is 19.8. The summed E-state index contributed by atoms with van der Waals surface area (Å²) in [5.41, 5.74) is 10.3. The lowest BCUT2D eigenvalue weighted by atomic mass is 9.81. The summed E-state index contributed by atoms with van der Waals surface area (Å²) in [6.45, 7) is 8.99. The highest BCUT2D eigenvalue weighted by molar-refractivity contribution is 6.02. The number of anilines is 4. The number of nitrogens with zero attached hydrogens (tertiary/aromatic N) is 4. The summed E-state index contributed by atoms with van der Waals surface area (Å²) in [4.78, 5) is 10.0. The minimum Gasteiger partial charge on any atom is -0.473 e. The van der Waals surface area contributed by atoms with Gasteiger partial charge >= 0.3 is 0 Å². The van der Waals surface area contributed by atoms with Crippen LogP contribution in [0.25, 0.3) is 22.9 Å². The molecule has 0 atom stereocenters. The van der Waals surface area contributed by atoms with Gasteiger partial charge in [-0.05, 0) is 142 Å². The maximum atomic E-state index is 7.42. The van der Waals surface area contributed by atoms with Gasteiger partial charge in [0.25, 0.3) is 0 Å². The summed E-state index contributed by atoms with van der Waals surface area (Å²) in [5.74, 6) is 1.75. The first-order valence-electron chi connectivity index (χ1n) is 23.4. The lowest BCUT2D eigenvalue weighted by Gasteiger charge is -2.38. The molecule has 6 aliphatic heterocycles. The van der Waals surface area contributed by atoms with Gasteiger partial charge in [-0.3, -0.25) is 0 Å². The first-order valence-corrected chi connectivity index (χ1v) is 23.4. The minimum atomic E-state index is -0.785. The van der Waals surface area contributed by atoms with E-state index in [4.69, 9.17) is 9.47 Å². The van der Waals surface area contributed by atoms with E-state index < -0.39 is 11.2 Å². The first kappa shape index (κ1) is 37.6. The van der Waals surface area contributed by atoms with Crippen LogP contribution in [0.1, 0.15) is 84.7 Å². The van der Waals surface area contributed by atoms with Crippen LogP contribution in [0.15, 0.2) is 133 Å². The summed E-state index contributed by atoms with van der Waals surface area (Å²) in [5, 5.41) is 2.32.